The SMILES string of the molecule is Cc1cn(C)c2nc(N)nc(Cl)c12. The van der Waals surface area contributed by atoms with Crippen LogP contribution in [-0.2, 0) is 7.05 Å². The van der Waals surface area contributed by atoms with E-state index in [1.54, 1.807) is 0 Å². The van der Waals surface area contributed by atoms with Crippen LogP contribution in [0.15, 0.2) is 6.20 Å². The molecule has 68 valence electrons. The van der Waals surface area contributed by atoms with Gasteiger partial charge in [-0.2, -0.15) is 4.98 Å². The number of aryl methyl sites for hydroxylation is 2. The lowest BCUT2D eigenvalue weighted by molar-refractivity contribution is 0.942. The molecule has 2 N–H and O–H groups in total. The molecule has 0 spiro atoms. The van der Waals surface area contributed by atoms with Crippen molar-refractivity contribution < 1.29 is 0 Å². The summed E-state index contributed by atoms with van der Waals surface area (Å²) in [7, 11) is 1.90. The molecule has 0 atom stereocenters. The molecule has 0 aliphatic carbocycles. The Kier molecular flexibility index (Phi) is 1.66. The van der Waals surface area contributed by atoms with Crippen LogP contribution < -0.4 is 5.73 Å². The van der Waals surface area contributed by atoms with Gasteiger partial charge in [0.1, 0.15) is 10.8 Å². The first-order chi connectivity index (χ1) is 6.09. The first kappa shape index (κ1) is 8.31. The molecule has 0 unspecified atom stereocenters. The summed E-state index contributed by atoms with van der Waals surface area (Å²) in [5.41, 5.74) is 7.31. The fraction of sp³-hybridized carbons (Fsp3) is 0.250. The van der Waals surface area contributed by atoms with Gasteiger partial charge >= 0.3 is 0 Å². The predicted molar refractivity (Wildman–Crippen MR) is 52.7 cm³/mol. The highest BCUT2D eigenvalue weighted by Gasteiger charge is 2.10. The van der Waals surface area contributed by atoms with E-state index in [0.29, 0.717) is 5.15 Å². The van der Waals surface area contributed by atoms with Gasteiger partial charge in [-0.15, -0.1) is 0 Å². The minimum absolute atomic E-state index is 0.207. The molecule has 0 aliphatic heterocycles. The molecule has 2 aromatic heterocycles. The number of halogens is 1. The zero-order chi connectivity index (χ0) is 9.59. The maximum absolute atomic E-state index is 5.94. The number of hydrogen-bond acceptors (Lipinski definition) is 3. The number of rotatable bonds is 0. The van der Waals surface area contributed by atoms with E-state index in [-0.39, 0.29) is 5.95 Å². The largest absolute Gasteiger partial charge is 0.368 e. The van der Waals surface area contributed by atoms with Gasteiger partial charge in [-0.3, -0.25) is 0 Å². The van der Waals surface area contributed by atoms with E-state index in [1.165, 1.54) is 0 Å². The Balaban J connectivity index is 2.97. The van der Waals surface area contributed by atoms with Crippen molar-refractivity contribution in [3.8, 4) is 0 Å². The van der Waals surface area contributed by atoms with Gasteiger partial charge in [0.25, 0.3) is 0 Å². The minimum Gasteiger partial charge on any atom is -0.368 e. The number of nitrogens with two attached hydrogens (primary N) is 1. The van der Waals surface area contributed by atoms with Crippen molar-refractivity contribution >= 4 is 28.6 Å². The number of hydrogen-bond donors (Lipinski definition) is 1. The van der Waals surface area contributed by atoms with Crippen LogP contribution >= 0.6 is 11.6 Å². The zero-order valence-corrected chi connectivity index (χ0v) is 8.13. The van der Waals surface area contributed by atoms with E-state index >= 15 is 0 Å². The van der Waals surface area contributed by atoms with Gasteiger partial charge in [-0.05, 0) is 12.5 Å². The molecule has 0 saturated carbocycles. The third-order valence-corrected chi connectivity index (χ3v) is 2.25. The molecule has 0 amide bonds. The number of anilines is 1. The molecular formula is C8H9ClN4. The lowest BCUT2D eigenvalue weighted by atomic mass is 10.3. The van der Waals surface area contributed by atoms with Crippen molar-refractivity contribution in [1.82, 2.24) is 14.5 Å². The lowest BCUT2D eigenvalue weighted by Gasteiger charge is -1.98. The van der Waals surface area contributed by atoms with Gasteiger partial charge < -0.3 is 10.3 Å². The molecule has 13 heavy (non-hydrogen) atoms. The van der Waals surface area contributed by atoms with E-state index < -0.39 is 0 Å². The van der Waals surface area contributed by atoms with Crippen molar-refractivity contribution in [2.75, 3.05) is 5.73 Å². The van der Waals surface area contributed by atoms with Crippen LogP contribution in [-0.4, -0.2) is 14.5 Å². The lowest BCUT2D eigenvalue weighted by Crippen LogP contribution is -1.97. The second-order valence-electron chi connectivity index (χ2n) is 2.99. The highest BCUT2D eigenvalue weighted by molar-refractivity contribution is 6.34. The van der Waals surface area contributed by atoms with E-state index in [1.807, 2.05) is 24.7 Å². The monoisotopic (exact) mass is 196 g/mol. The first-order valence-electron chi connectivity index (χ1n) is 3.84. The summed E-state index contributed by atoms with van der Waals surface area (Å²) in [5, 5.41) is 1.29. The van der Waals surface area contributed by atoms with Crippen molar-refractivity contribution in [2.24, 2.45) is 7.05 Å². The molecule has 2 aromatic rings. The van der Waals surface area contributed by atoms with Crippen LogP contribution in [0.3, 0.4) is 0 Å². The zero-order valence-electron chi connectivity index (χ0n) is 7.37. The van der Waals surface area contributed by atoms with E-state index in [2.05, 4.69) is 9.97 Å². The van der Waals surface area contributed by atoms with Gasteiger partial charge in [0, 0.05) is 13.2 Å². The second kappa shape index (κ2) is 2.60. The molecule has 5 heteroatoms. The first-order valence-corrected chi connectivity index (χ1v) is 4.22. The second-order valence-corrected chi connectivity index (χ2v) is 3.35. The minimum atomic E-state index is 0.207. The Morgan fingerprint density at radius 2 is 2.15 bits per heavy atom. The van der Waals surface area contributed by atoms with Crippen molar-refractivity contribution in [1.29, 1.82) is 0 Å². The molecule has 2 heterocycles. The van der Waals surface area contributed by atoms with Gasteiger partial charge in [0.2, 0.25) is 5.95 Å². The third-order valence-electron chi connectivity index (χ3n) is 1.98. The highest BCUT2D eigenvalue weighted by Crippen LogP contribution is 2.25. The standard InChI is InChI=1S/C8H9ClN4/c1-4-3-13(2)7-5(4)6(9)11-8(10)12-7/h3H,1-2H3,(H2,10,11,12). The summed E-state index contributed by atoms with van der Waals surface area (Å²) < 4.78 is 1.88. The van der Waals surface area contributed by atoms with Crippen LogP contribution in [0.1, 0.15) is 5.56 Å². The summed E-state index contributed by atoms with van der Waals surface area (Å²) in [5.74, 6) is 0.207. The van der Waals surface area contributed by atoms with Crippen LogP contribution in [0.5, 0.6) is 0 Å². The number of nitrogens with zero attached hydrogens (tertiary/aromatic N) is 3. The molecule has 0 fully saturated rings. The fourth-order valence-electron chi connectivity index (χ4n) is 1.45. The number of nitrogen functional groups attached to an aromatic ring is 1. The average Bonchev–Trinajstić information content (AvgIpc) is 2.27. The number of fused-ring (bicyclic) bond motifs is 1. The van der Waals surface area contributed by atoms with Crippen LogP contribution in [0.4, 0.5) is 5.95 Å². The smallest absolute Gasteiger partial charge is 0.223 e. The van der Waals surface area contributed by atoms with Crippen molar-refractivity contribution in [3.63, 3.8) is 0 Å². The number of aromatic nitrogens is 3. The summed E-state index contributed by atoms with van der Waals surface area (Å²) in [6.45, 7) is 1.97. The molecule has 4 nitrogen and oxygen atoms in total. The molecular weight excluding hydrogens is 188 g/mol. The predicted octanol–water partition coefficient (Wildman–Crippen LogP) is 1.51. The van der Waals surface area contributed by atoms with Gasteiger partial charge in [-0.1, -0.05) is 11.6 Å². The van der Waals surface area contributed by atoms with Crippen molar-refractivity contribution in [2.45, 2.75) is 6.92 Å². The Morgan fingerprint density at radius 3 is 2.85 bits per heavy atom. The third kappa shape index (κ3) is 1.14. The molecule has 0 radical (unpaired) electrons. The van der Waals surface area contributed by atoms with Gasteiger partial charge in [-0.25, -0.2) is 4.98 Å². The summed E-state index contributed by atoms with van der Waals surface area (Å²) in [6, 6.07) is 0. The maximum atomic E-state index is 5.94. The molecule has 2 rings (SSSR count). The van der Waals surface area contributed by atoms with Crippen LogP contribution in [0.25, 0.3) is 11.0 Å². The highest BCUT2D eigenvalue weighted by atomic mass is 35.5. The summed E-state index contributed by atoms with van der Waals surface area (Å²) >= 11 is 5.94. The van der Waals surface area contributed by atoms with Gasteiger partial charge in [0.05, 0.1) is 5.39 Å². The molecule has 0 bridgehead atoms. The van der Waals surface area contributed by atoms with E-state index in [9.17, 15) is 0 Å². The molecule has 0 aliphatic rings. The van der Waals surface area contributed by atoms with E-state index in [0.717, 1.165) is 16.6 Å². The Labute approximate surface area is 80.3 Å². The Bertz CT molecular complexity index is 474. The quantitative estimate of drug-likeness (QED) is 0.650. The topological polar surface area (TPSA) is 56.7 Å². The summed E-state index contributed by atoms with van der Waals surface area (Å²) in [6.07, 6.45) is 1.95. The maximum Gasteiger partial charge on any atom is 0.223 e. The Morgan fingerprint density at radius 1 is 1.46 bits per heavy atom. The summed E-state index contributed by atoms with van der Waals surface area (Å²) in [4.78, 5) is 8.00. The molecule has 0 saturated heterocycles. The van der Waals surface area contributed by atoms with Gasteiger partial charge in [0.15, 0.2) is 0 Å². The van der Waals surface area contributed by atoms with Crippen LogP contribution in [0, 0.1) is 6.92 Å². The Hall–Kier alpha value is -1.29. The molecule has 0 aromatic carbocycles. The normalized spacial score (nSPS) is 11.0. The van der Waals surface area contributed by atoms with Crippen molar-refractivity contribution in [3.05, 3.63) is 16.9 Å². The fourth-order valence-corrected chi connectivity index (χ4v) is 1.77. The average molecular weight is 197 g/mol. The van der Waals surface area contributed by atoms with E-state index in [4.69, 9.17) is 17.3 Å². The van der Waals surface area contributed by atoms with Crippen LogP contribution in [0.2, 0.25) is 5.15 Å².